The van der Waals surface area contributed by atoms with E-state index in [-0.39, 0.29) is 11.8 Å². The Hall–Kier alpha value is -1.85. The van der Waals surface area contributed by atoms with Gasteiger partial charge in [0, 0.05) is 25.2 Å². The second kappa shape index (κ2) is 5.64. The van der Waals surface area contributed by atoms with Crippen molar-refractivity contribution in [3.8, 4) is 0 Å². The summed E-state index contributed by atoms with van der Waals surface area (Å²) in [5.74, 6) is -0.992. The second-order valence-corrected chi connectivity index (χ2v) is 5.54. The molecule has 0 bridgehead atoms. The maximum absolute atomic E-state index is 12.2. The first-order valence-corrected chi connectivity index (χ1v) is 6.93. The van der Waals surface area contributed by atoms with E-state index in [1.54, 1.807) is 4.68 Å². The zero-order valence-corrected chi connectivity index (χ0v) is 12.2. The topological polar surface area (TPSA) is 75.4 Å². The summed E-state index contributed by atoms with van der Waals surface area (Å²) in [7, 11) is 0. The standard InChI is InChI=1S/C14H21N3O3/c1-9-4-6-16(13(9)14(19)20)12(18)5-7-17-11(3)8-10(2)15-17/h8-9,13H,4-7H2,1-3H3,(H,19,20). The summed E-state index contributed by atoms with van der Waals surface area (Å²) in [6.07, 6.45) is 1.04. The summed E-state index contributed by atoms with van der Waals surface area (Å²) in [5, 5.41) is 13.5. The highest BCUT2D eigenvalue weighted by atomic mass is 16.4. The van der Waals surface area contributed by atoms with Crippen LogP contribution in [-0.2, 0) is 16.1 Å². The average molecular weight is 279 g/mol. The number of hydrogen-bond donors (Lipinski definition) is 1. The van der Waals surface area contributed by atoms with E-state index in [4.69, 9.17) is 0 Å². The molecular weight excluding hydrogens is 258 g/mol. The van der Waals surface area contributed by atoms with Gasteiger partial charge < -0.3 is 10.0 Å². The van der Waals surface area contributed by atoms with Gasteiger partial charge in [-0.2, -0.15) is 5.10 Å². The van der Waals surface area contributed by atoms with Gasteiger partial charge in [-0.3, -0.25) is 9.48 Å². The minimum atomic E-state index is -0.908. The highest BCUT2D eigenvalue weighted by molar-refractivity contribution is 5.84. The molecule has 1 fully saturated rings. The van der Waals surface area contributed by atoms with Gasteiger partial charge in [-0.25, -0.2) is 4.79 Å². The number of hydrogen-bond acceptors (Lipinski definition) is 3. The third-order valence-corrected chi connectivity index (χ3v) is 3.91. The van der Waals surface area contributed by atoms with E-state index >= 15 is 0 Å². The van der Waals surface area contributed by atoms with Gasteiger partial charge in [0.25, 0.3) is 0 Å². The molecule has 6 nitrogen and oxygen atoms in total. The normalized spacial score (nSPS) is 22.2. The minimum absolute atomic E-state index is 0.0186. The van der Waals surface area contributed by atoms with Crippen molar-refractivity contribution < 1.29 is 14.7 Å². The Morgan fingerprint density at radius 1 is 1.45 bits per heavy atom. The molecule has 1 saturated heterocycles. The third kappa shape index (κ3) is 2.84. The number of likely N-dealkylation sites (tertiary alicyclic amines) is 1. The third-order valence-electron chi connectivity index (χ3n) is 3.91. The molecule has 1 amide bonds. The number of aliphatic carboxylic acids is 1. The highest BCUT2D eigenvalue weighted by Crippen LogP contribution is 2.24. The fraction of sp³-hybridized carbons (Fsp3) is 0.643. The lowest BCUT2D eigenvalue weighted by Gasteiger charge is -2.23. The van der Waals surface area contributed by atoms with Gasteiger partial charge in [-0.15, -0.1) is 0 Å². The van der Waals surface area contributed by atoms with E-state index in [0.29, 0.717) is 19.5 Å². The van der Waals surface area contributed by atoms with Crippen LogP contribution < -0.4 is 0 Å². The van der Waals surface area contributed by atoms with Crippen molar-refractivity contribution >= 4 is 11.9 Å². The molecule has 1 aromatic rings. The van der Waals surface area contributed by atoms with Crippen LogP contribution >= 0.6 is 0 Å². The fourth-order valence-electron chi connectivity index (χ4n) is 2.85. The summed E-state index contributed by atoms with van der Waals surface area (Å²) in [6.45, 7) is 6.77. The number of carboxylic acid groups (broad SMARTS) is 1. The maximum atomic E-state index is 12.2. The summed E-state index contributed by atoms with van der Waals surface area (Å²) in [6, 6.07) is 1.28. The molecule has 1 aliphatic heterocycles. The van der Waals surface area contributed by atoms with Gasteiger partial charge in [0.05, 0.1) is 5.69 Å². The molecule has 2 rings (SSSR count). The van der Waals surface area contributed by atoms with Crippen LogP contribution in [-0.4, -0.2) is 44.3 Å². The summed E-state index contributed by atoms with van der Waals surface area (Å²) >= 11 is 0. The Labute approximate surface area is 118 Å². The van der Waals surface area contributed by atoms with Crippen molar-refractivity contribution in [2.24, 2.45) is 5.92 Å². The van der Waals surface area contributed by atoms with Crippen molar-refractivity contribution in [3.05, 3.63) is 17.5 Å². The van der Waals surface area contributed by atoms with Crippen LogP contribution in [0.3, 0.4) is 0 Å². The van der Waals surface area contributed by atoms with E-state index in [2.05, 4.69) is 5.10 Å². The number of rotatable bonds is 4. The van der Waals surface area contributed by atoms with E-state index in [0.717, 1.165) is 17.8 Å². The molecule has 2 heterocycles. The van der Waals surface area contributed by atoms with Crippen molar-refractivity contribution in [2.75, 3.05) is 6.54 Å². The van der Waals surface area contributed by atoms with E-state index in [9.17, 15) is 14.7 Å². The predicted octanol–water partition coefficient (Wildman–Crippen LogP) is 1.21. The van der Waals surface area contributed by atoms with E-state index in [1.807, 2.05) is 26.8 Å². The number of carboxylic acids is 1. The summed E-state index contributed by atoms with van der Waals surface area (Å²) in [5.41, 5.74) is 1.94. The van der Waals surface area contributed by atoms with Crippen molar-refractivity contribution in [2.45, 2.75) is 46.2 Å². The lowest BCUT2D eigenvalue weighted by Crippen LogP contribution is -2.43. The van der Waals surface area contributed by atoms with E-state index in [1.165, 1.54) is 4.90 Å². The Bertz CT molecular complexity index is 524. The number of amides is 1. The minimum Gasteiger partial charge on any atom is -0.480 e. The first kappa shape index (κ1) is 14.6. The molecule has 2 atom stereocenters. The van der Waals surface area contributed by atoms with Crippen molar-refractivity contribution in [3.63, 3.8) is 0 Å². The summed E-state index contributed by atoms with van der Waals surface area (Å²) in [4.78, 5) is 25.0. The highest BCUT2D eigenvalue weighted by Gasteiger charge is 2.39. The molecular formula is C14H21N3O3. The van der Waals surface area contributed by atoms with Crippen molar-refractivity contribution in [1.82, 2.24) is 14.7 Å². The number of nitrogens with zero attached hydrogens (tertiary/aromatic N) is 3. The average Bonchev–Trinajstić information content (AvgIpc) is 2.89. The largest absolute Gasteiger partial charge is 0.480 e. The molecule has 6 heteroatoms. The van der Waals surface area contributed by atoms with Crippen LogP contribution in [0.5, 0.6) is 0 Å². The lowest BCUT2D eigenvalue weighted by atomic mass is 10.0. The van der Waals surface area contributed by atoms with Gasteiger partial charge in [-0.1, -0.05) is 6.92 Å². The molecule has 0 saturated carbocycles. The quantitative estimate of drug-likeness (QED) is 0.899. The Kier molecular flexibility index (Phi) is 4.11. The second-order valence-electron chi connectivity index (χ2n) is 5.54. The molecule has 0 aliphatic carbocycles. The van der Waals surface area contributed by atoms with Crippen LogP contribution in [0.4, 0.5) is 0 Å². The molecule has 1 N–H and O–H groups in total. The molecule has 1 aliphatic rings. The van der Waals surface area contributed by atoms with Gasteiger partial charge in [0.2, 0.25) is 5.91 Å². The molecule has 2 unspecified atom stereocenters. The Morgan fingerprint density at radius 2 is 2.15 bits per heavy atom. The number of aryl methyl sites for hydroxylation is 3. The smallest absolute Gasteiger partial charge is 0.326 e. The van der Waals surface area contributed by atoms with E-state index < -0.39 is 12.0 Å². The van der Waals surface area contributed by atoms with Crippen LogP contribution in [0.25, 0.3) is 0 Å². The monoisotopic (exact) mass is 279 g/mol. The first-order valence-electron chi connectivity index (χ1n) is 6.93. The number of carbonyl (C=O) groups excluding carboxylic acids is 1. The molecule has 110 valence electrons. The van der Waals surface area contributed by atoms with Crippen LogP contribution in [0.2, 0.25) is 0 Å². The van der Waals surface area contributed by atoms with Gasteiger partial charge in [-0.05, 0) is 32.3 Å². The Balaban J connectivity index is 1.98. The van der Waals surface area contributed by atoms with Gasteiger partial charge >= 0.3 is 5.97 Å². The predicted molar refractivity (Wildman–Crippen MR) is 73.2 cm³/mol. The van der Waals surface area contributed by atoms with Crippen LogP contribution in [0.15, 0.2) is 6.07 Å². The van der Waals surface area contributed by atoms with Gasteiger partial charge in [0.1, 0.15) is 6.04 Å². The zero-order valence-electron chi connectivity index (χ0n) is 12.2. The lowest BCUT2D eigenvalue weighted by molar-refractivity contribution is -0.149. The number of carbonyl (C=O) groups is 2. The molecule has 0 aromatic carbocycles. The molecule has 1 aromatic heterocycles. The zero-order chi connectivity index (χ0) is 14.9. The van der Waals surface area contributed by atoms with Crippen LogP contribution in [0, 0.1) is 19.8 Å². The molecule has 0 spiro atoms. The molecule has 0 radical (unpaired) electrons. The van der Waals surface area contributed by atoms with Gasteiger partial charge in [0.15, 0.2) is 0 Å². The first-order chi connectivity index (χ1) is 9.40. The molecule has 20 heavy (non-hydrogen) atoms. The maximum Gasteiger partial charge on any atom is 0.326 e. The van der Waals surface area contributed by atoms with Crippen LogP contribution in [0.1, 0.15) is 31.2 Å². The fourth-order valence-corrected chi connectivity index (χ4v) is 2.85. The van der Waals surface area contributed by atoms with Crippen molar-refractivity contribution in [1.29, 1.82) is 0 Å². The number of aromatic nitrogens is 2. The summed E-state index contributed by atoms with van der Waals surface area (Å²) < 4.78 is 1.79. The Morgan fingerprint density at radius 3 is 2.70 bits per heavy atom. The SMILES string of the molecule is Cc1cc(C)n(CCC(=O)N2CCC(C)C2C(=O)O)n1.